The highest BCUT2D eigenvalue weighted by Gasteiger charge is 2.44. The van der Waals surface area contributed by atoms with Crippen LogP contribution in [0.25, 0.3) is 11.1 Å². The van der Waals surface area contributed by atoms with E-state index >= 15 is 0 Å². The van der Waals surface area contributed by atoms with Gasteiger partial charge < -0.3 is 24.7 Å². The molecule has 3 amide bonds. The SMILES string of the molecule is CC.CC.O=C1Nc2c(Cl)cc3nc(C(=O)N4CCOCC4)oc3c2C2(CCCCC2)N1. The fourth-order valence-electron chi connectivity index (χ4n) is 4.56. The molecule has 9 heteroatoms. The number of carbonyl (C=O) groups excluding carboxylic acids is 2. The highest BCUT2D eigenvalue weighted by atomic mass is 35.5. The van der Waals surface area contributed by atoms with Crippen molar-refractivity contribution in [2.24, 2.45) is 0 Å². The van der Waals surface area contributed by atoms with Gasteiger partial charge in [0.05, 0.1) is 29.5 Å². The number of oxazole rings is 1. The number of aromatic nitrogens is 1. The number of urea groups is 1. The summed E-state index contributed by atoms with van der Waals surface area (Å²) in [6, 6.07) is 1.39. The quantitative estimate of drug-likeness (QED) is 0.596. The smallest absolute Gasteiger partial charge is 0.319 e. The number of morpholine rings is 1. The van der Waals surface area contributed by atoms with Gasteiger partial charge in [-0.15, -0.1) is 0 Å². The topological polar surface area (TPSA) is 96.7 Å². The summed E-state index contributed by atoms with van der Waals surface area (Å²) in [6.07, 6.45) is 4.73. The van der Waals surface area contributed by atoms with E-state index in [2.05, 4.69) is 15.6 Å². The van der Waals surface area contributed by atoms with E-state index in [0.29, 0.717) is 48.1 Å². The van der Waals surface area contributed by atoms with Gasteiger partial charge in [0.1, 0.15) is 5.52 Å². The van der Waals surface area contributed by atoms with E-state index < -0.39 is 5.54 Å². The van der Waals surface area contributed by atoms with Crippen LogP contribution in [0.5, 0.6) is 0 Å². The normalized spacial score (nSPS) is 19.0. The van der Waals surface area contributed by atoms with Crippen molar-refractivity contribution < 1.29 is 18.7 Å². The van der Waals surface area contributed by atoms with Gasteiger partial charge in [0.2, 0.25) is 0 Å². The average Bonchev–Trinajstić information content (AvgIpc) is 3.25. The second kappa shape index (κ2) is 10.5. The Hall–Kier alpha value is -2.32. The van der Waals surface area contributed by atoms with Crippen LogP contribution in [0, 0.1) is 0 Å². The summed E-state index contributed by atoms with van der Waals surface area (Å²) in [7, 11) is 0. The first-order valence-electron chi connectivity index (χ1n) is 11.7. The number of carbonyl (C=O) groups is 2. The Morgan fingerprint density at radius 1 is 1.12 bits per heavy atom. The molecule has 1 spiro atoms. The van der Waals surface area contributed by atoms with Crippen LogP contribution >= 0.6 is 11.6 Å². The number of amides is 3. The minimum Gasteiger partial charge on any atom is -0.432 e. The number of hydrogen-bond donors (Lipinski definition) is 2. The summed E-state index contributed by atoms with van der Waals surface area (Å²) < 4.78 is 11.3. The van der Waals surface area contributed by atoms with Crippen molar-refractivity contribution in [2.75, 3.05) is 31.6 Å². The first-order valence-corrected chi connectivity index (χ1v) is 12.0. The van der Waals surface area contributed by atoms with Crippen LogP contribution < -0.4 is 10.6 Å². The molecular weight excluding hydrogens is 432 g/mol. The predicted molar refractivity (Wildman–Crippen MR) is 125 cm³/mol. The van der Waals surface area contributed by atoms with Crippen LogP contribution in [0.4, 0.5) is 10.5 Å². The Bertz CT molecular complexity index is 963. The van der Waals surface area contributed by atoms with Gasteiger partial charge >= 0.3 is 11.9 Å². The Balaban J connectivity index is 0.000000686. The number of rotatable bonds is 1. The number of fused-ring (bicyclic) bond motifs is 4. The zero-order chi connectivity index (χ0) is 23.3. The van der Waals surface area contributed by atoms with Gasteiger partial charge in [0.25, 0.3) is 5.89 Å². The molecule has 2 N–H and O–H groups in total. The van der Waals surface area contributed by atoms with E-state index in [1.165, 1.54) is 0 Å². The minimum atomic E-state index is -0.544. The zero-order valence-electron chi connectivity index (χ0n) is 19.3. The van der Waals surface area contributed by atoms with Crippen LogP contribution in [0.15, 0.2) is 10.5 Å². The molecule has 0 atom stereocenters. The molecule has 2 fully saturated rings. The predicted octanol–water partition coefficient (Wildman–Crippen LogP) is 5.30. The first kappa shape index (κ1) is 24.3. The van der Waals surface area contributed by atoms with E-state index in [9.17, 15) is 9.59 Å². The van der Waals surface area contributed by atoms with Crippen LogP contribution in [0.3, 0.4) is 0 Å². The third kappa shape index (κ3) is 4.43. The van der Waals surface area contributed by atoms with Gasteiger partial charge in [0, 0.05) is 18.7 Å². The Morgan fingerprint density at radius 3 is 2.44 bits per heavy atom. The molecule has 1 saturated carbocycles. The maximum Gasteiger partial charge on any atom is 0.319 e. The lowest BCUT2D eigenvalue weighted by Crippen LogP contribution is -2.52. The molecule has 8 nitrogen and oxygen atoms in total. The second-order valence-electron chi connectivity index (χ2n) is 7.60. The number of hydrogen-bond acceptors (Lipinski definition) is 5. The summed E-state index contributed by atoms with van der Waals surface area (Å²) in [5.41, 5.74) is 1.87. The molecule has 3 aliphatic rings. The third-order valence-electron chi connectivity index (χ3n) is 5.89. The van der Waals surface area contributed by atoms with Crippen molar-refractivity contribution in [3.8, 4) is 0 Å². The van der Waals surface area contributed by atoms with Gasteiger partial charge in [-0.1, -0.05) is 58.6 Å². The van der Waals surface area contributed by atoms with E-state index in [-0.39, 0.29) is 17.8 Å². The second-order valence-corrected chi connectivity index (χ2v) is 8.01. The molecule has 32 heavy (non-hydrogen) atoms. The Morgan fingerprint density at radius 2 is 1.78 bits per heavy atom. The van der Waals surface area contributed by atoms with Crippen molar-refractivity contribution in [2.45, 2.75) is 65.3 Å². The largest absolute Gasteiger partial charge is 0.432 e. The fourth-order valence-corrected chi connectivity index (χ4v) is 4.81. The molecule has 5 rings (SSSR count). The summed E-state index contributed by atoms with van der Waals surface area (Å²) in [5, 5.41) is 6.32. The molecule has 0 bridgehead atoms. The molecule has 2 aliphatic heterocycles. The number of ether oxygens (including phenoxy) is 1. The van der Waals surface area contributed by atoms with Gasteiger partial charge in [-0.25, -0.2) is 9.78 Å². The molecule has 2 aromatic rings. The lowest BCUT2D eigenvalue weighted by molar-refractivity contribution is 0.0279. The molecule has 1 aliphatic carbocycles. The van der Waals surface area contributed by atoms with Crippen LogP contribution in [-0.2, 0) is 10.3 Å². The summed E-state index contributed by atoms with van der Waals surface area (Å²) in [5.74, 6) is -0.209. The highest BCUT2D eigenvalue weighted by molar-refractivity contribution is 6.35. The number of benzene rings is 1. The van der Waals surface area contributed by atoms with Crippen molar-refractivity contribution in [1.29, 1.82) is 0 Å². The standard InChI is InChI=1S/C19H21ClN4O4.2C2H6/c20-11-10-12-15(28-16(21-12)17(25)24-6-8-27-9-7-24)13-14(11)22-18(26)23-19(13)4-2-1-3-5-19;2*1-2/h10H,1-9H2,(H2,22,23,26);2*1-2H3. The molecule has 1 saturated heterocycles. The van der Waals surface area contributed by atoms with Gasteiger partial charge in [0.15, 0.2) is 5.58 Å². The number of nitrogens with one attached hydrogen (secondary N) is 2. The van der Waals surface area contributed by atoms with E-state index in [1.54, 1.807) is 11.0 Å². The number of halogens is 1. The number of nitrogens with zero attached hydrogens (tertiary/aromatic N) is 2. The summed E-state index contributed by atoms with van der Waals surface area (Å²) >= 11 is 6.49. The Labute approximate surface area is 194 Å². The summed E-state index contributed by atoms with van der Waals surface area (Å²) in [4.78, 5) is 31.3. The monoisotopic (exact) mass is 464 g/mol. The van der Waals surface area contributed by atoms with Gasteiger partial charge in [-0.2, -0.15) is 0 Å². The molecule has 176 valence electrons. The van der Waals surface area contributed by atoms with Crippen LogP contribution in [0.2, 0.25) is 5.02 Å². The first-order chi connectivity index (χ1) is 15.6. The lowest BCUT2D eigenvalue weighted by atomic mass is 9.74. The average molecular weight is 465 g/mol. The van der Waals surface area contributed by atoms with Crippen LogP contribution in [0.1, 0.15) is 76.0 Å². The van der Waals surface area contributed by atoms with Crippen molar-refractivity contribution in [3.05, 3.63) is 22.5 Å². The molecule has 3 heterocycles. The van der Waals surface area contributed by atoms with Crippen molar-refractivity contribution in [1.82, 2.24) is 15.2 Å². The maximum absolute atomic E-state index is 12.8. The van der Waals surface area contributed by atoms with Gasteiger partial charge in [-0.05, 0) is 18.9 Å². The fraction of sp³-hybridized carbons (Fsp3) is 0.609. The Kier molecular flexibility index (Phi) is 8.00. The maximum atomic E-state index is 12.8. The molecule has 1 aromatic carbocycles. The minimum absolute atomic E-state index is 0.0456. The lowest BCUT2D eigenvalue weighted by Gasteiger charge is -2.42. The summed E-state index contributed by atoms with van der Waals surface area (Å²) in [6.45, 7) is 10.0. The molecule has 0 radical (unpaired) electrons. The number of anilines is 1. The molecular formula is C23H33ClN4O4. The van der Waals surface area contributed by atoms with E-state index in [1.807, 2.05) is 27.7 Å². The third-order valence-corrected chi connectivity index (χ3v) is 6.19. The van der Waals surface area contributed by atoms with Gasteiger partial charge in [-0.3, -0.25) is 4.79 Å². The highest BCUT2D eigenvalue weighted by Crippen LogP contribution is 2.48. The zero-order valence-corrected chi connectivity index (χ0v) is 20.1. The van der Waals surface area contributed by atoms with Crippen LogP contribution in [-0.4, -0.2) is 48.1 Å². The van der Waals surface area contributed by atoms with E-state index in [4.69, 9.17) is 20.8 Å². The molecule has 0 unspecified atom stereocenters. The van der Waals surface area contributed by atoms with Crippen molar-refractivity contribution >= 4 is 40.3 Å². The molecule has 1 aromatic heterocycles. The van der Waals surface area contributed by atoms with Crippen molar-refractivity contribution in [3.63, 3.8) is 0 Å². The van der Waals surface area contributed by atoms with E-state index in [0.717, 1.165) is 37.7 Å².